The molecule has 5 heteroatoms. The Morgan fingerprint density at radius 2 is 1.56 bits per heavy atom. The number of aliphatic hydroxyl groups is 1. The van der Waals surface area contributed by atoms with Gasteiger partial charge < -0.3 is 19.6 Å². The van der Waals surface area contributed by atoms with Gasteiger partial charge in [-0.15, -0.1) is 0 Å². The number of esters is 1. The first-order chi connectivity index (χ1) is 18.7. The van der Waals surface area contributed by atoms with E-state index in [-0.39, 0.29) is 12.6 Å². The van der Waals surface area contributed by atoms with Crippen LogP contribution in [0.1, 0.15) is 65.0 Å². The first kappa shape index (κ1) is 30.4. The van der Waals surface area contributed by atoms with Gasteiger partial charge in [0.1, 0.15) is 5.75 Å². The van der Waals surface area contributed by atoms with Crippen molar-refractivity contribution in [1.29, 1.82) is 0 Å². The van der Waals surface area contributed by atoms with Crippen LogP contribution in [0, 0.1) is 5.41 Å². The molecule has 0 spiro atoms. The molecule has 0 aliphatic carbocycles. The molecule has 39 heavy (non-hydrogen) atoms. The smallest absolute Gasteiger partial charge is 0.316 e. The van der Waals surface area contributed by atoms with Crippen LogP contribution in [-0.4, -0.2) is 55.8 Å². The molecule has 0 saturated carbocycles. The zero-order valence-electron chi connectivity index (χ0n) is 24.7. The number of ether oxygens (including phenoxy) is 1. The van der Waals surface area contributed by atoms with Crippen LogP contribution < -0.4 is 9.64 Å². The van der Waals surface area contributed by atoms with E-state index < -0.39 is 5.41 Å². The third kappa shape index (κ3) is 8.42. The summed E-state index contributed by atoms with van der Waals surface area (Å²) >= 11 is 0. The number of aliphatic hydroxyl groups excluding tert-OH is 1. The van der Waals surface area contributed by atoms with Gasteiger partial charge in [0.15, 0.2) is 0 Å². The zero-order chi connectivity index (χ0) is 28.4. The fourth-order valence-electron chi connectivity index (χ4n) is 4.65. The molecule has 1 fully saturated rings. The maximum atomic E-state index is 12.4. The Morgan fingerprint density at radius 3 is 2.08 bits per heavy atom. The molecule has 0 radical (unpaired) electrons. The number of piperazine rings is 1. The standard InChI is InChI=1S/C34H46N2O3/c1-7-9-11-26(8-2)31(12-10-25-37)32(28-15-19-30(20-16-28)39-33(38)34(3,4)5)27-13-17-29(18-14-27)36-23-21-35(6)22-24-36/h8-9,11,13-20,37H,7,10,12,21-25H2,1-6H3/b11-9-,26-8+,32-31+. The van der Waals surface area contributed by atoms with Crippen LogP contribution in [0.15, 0.2) is 77.9 Å². The summed E-state index contributed by atoms with van der Waals surface area (Å²) in [5.41, 5.74) is 6.34. The van der Waals surface area contributed by atoms with Crippen molar-refractivity contribution in [3.05, 3.63) is 89.0 Å². The van der Waals surface area contributed by atoms with E-state index in [1.165, 1.54) is 11.3 Å². The summed E-state index contributed by atoms with van der Waals surface area (Å²) in [5.74, 6) is 0.285. The predicted molar refractivity (Wildman–Crippen MR) is 163 cm³/mol. The van der Waals surface area contributed by atoms with Crippen molar-refractivity contribution < 1.29 is 14.6 Å². The summed E-state index contributed by atoms with van der Waals surface area (Å²) in [6.45, 7) is 14.1. The molecule has 210 valence electrons. The molecular weight excluding hydrogens is 484 g/mol. The number of hydrogen-bond donors (Lipinski definition) is 1. The van der Waals surface area contributed by atoms with Gasteiger partial charge in [-0.3, -0.25) is 4.79 Å². The number of allylic oxidation sites excluding steroid dienone is 5. The number of hydrogen-bond acceptors (Lipinski definition) is 5. The quantitative estimate of drug-likeness (QED) is 0.206. The van der Waals surface area contributed by atoms with Crippen molar-refractivity contribution in [2.45, 2.75) is 53.9 Å². The Morgan fingerprint density at radius 1 is 0.974 bits per heavy atom. The van der Waals surface area contributed by atoms with Gasteiger partial charge in [-0.2, -0.15) is 0 Å². The lowest BCUT2D eigenvalue weighted by Gasteiger charge is -2.34. The number of anilines is 1. The highest BCUT2D eigenvalue weighted by molar-refractivity contribution is 5.86. The van der Waals surface area contributed by atoms with Gasteiger partial charge >= 0.3 is 5.97 Å². The third-order valence-corrected chi connectivity index (χ3v) is 7.07. The Bertz CT molecular complexity index is 1160. The SMILES string of the molecule is C/C=C(\C=C/CC)C(/CCCO)=C(/c1ccc(OC(=O)C(C)(C)C)cc1)c1ccc(N2CCN(C)CC2)cc1. The molecular formula is C34H46N2O3. The van der Waals surface area contributed by atoms with Crippen molar-refractivity contribution in [2.75, 3.05) is 44.7 Å². The average Bonchev–Trinajstić information content (AvgIpc) is 2.93. The van der Waals surface area contributed by atoms with Crippen LogP contribution in [0.5, 0.6) is 5.75 Å². The highest BCUT2D eigenvalue weighted by Gasteiger charge is 2.24. The molecule has 1 saturated heterocycles. The summed E-state index contributed by atoms with van der Waals surface area (Å²) in [6, 6.07) is 16.7. The molecule has 1 N–H and O–H groups in total. The molecule has 1 aliphatic heterocycles. The Balaban J connectivity index is 2.08. The number of carbonyl (C=O) groups excluding carboxylic acids is 1. The van der Waals surface area contributed by atoms with E-state index in [0.29, 0.717) is 12.2 Å². The molecule has 0 amide bonds. The first-order valence-corrected chi connectivity index (χ1v) is 14.2. The van der Waals surface area contributed by atoms with E-state index in [1.807, 2.05) is 45.0 Å². The van der Waals surface area contributed by atoms with Gasteiger partial charge in [0.05, 0.1) is 5.41 Å². The van der Waals surface area contributed by atoms with Crippen molar-refractivity contribution in [3.63, 3.8) is 0 Å². The van der Waals surface area contributed by atoms with E-state index >= 15 is 0 Å². The minimum atomic E-state index is -0.570. The van der Waals surface area contributed by atoms with Gasteiger partial charge in [-0.05, 0) is 106 Å². The topological polar surface area (TPSA) is 53.0 Å². The lowest BCUT2D eigenvalue weighted by molar-refractivity contribution is -0.143. The maximum Gasteiger partial charge on any atom is 0.316 e. The summed E-state index contributed by atoms with van der Waals surface area (Å²) in [4.78, 5) is 17.2. The molecule has 3 rings (SSSR count). The molecule has 2 aromatic carbocycles. The van der Waals surface area contributed by atoms with Crippen LogP contribution in [0.2, 0.25) is 0 Å². The van der Waals surface area contributed by atoms with Gasteiger partial charge in [-0.1, -0.05) is 49.4 Å². The van der Waals surface area contributed by atoms with Gasteiger partial charge in [0, 0.05) is 38.5 Å². The van der Waals surface area contributed by atoms with E-state index in [1.54, 1.807) is 0 Å². The van der Waals surface area contributed by atoms with Gasteiger partial charge in [0.2, 0.25) is 0 Å². The summed E-state index contributed by atoms with van der Waals surface area (Å²) in [5, 5.41) is 9.74. The largest absolute Gasteiger partial charge is 0.426 e. The normalized spacial score (nSPS) is 16.0. The monoisotopic (exact) mass is 530 g/mol. The van der Waals surface area contributed by atoms with Crippen molar-refractivity contribution in [3.8, 4) is 5.75 Å². The second-order valence-corrected chi connectivity index (χ2v) is 11.2. The van der Waals surface area contributed by atoms with E-state index in [0.717, 1.165) is 61.3 Å². The molecule has 0 aromatic heterocycles. The van der Waals surface area contributed by atoms with Crippen molar-refractivity contribution >= 4 is 17.2 Å². The highest BCUT2D eigenvalue weighted by Crippen LogP contribution is 2.35. The van der Waals surface area contributed by atoms with E-state index in [9.17, 15) is 9.90 Å². The number of nitrogens with zero attached hydrogens (tertiary/aromatic N) is 2. The second kappa shape index (κ2) is 14.3. The summed E-state index contributed by atoms with van der Waals surface area (Å²) in [7, 11) is 2.17. The average molecular weight is 531 g/mol. The lowest BCUT2D eigenvalue weighted by Crippen LogP contribution is -2.44. The maximum absolute atomic E-state index is 12.4. The van der Waals surface area contributed by atoms with Crippen LogP contribution in [0.25, 0.3) is 5.57 Å². The molecule has 1 aliphatic rings. The van der Waals surface area contributed by atoms with E-state index in [4.69, 9.17) is 4.74 Å². The van der Waals surface area contributed by atoms with Crippen LogP contribution in [0.3, 0.4) is 0 Å². The molecule has 0 unspecified atom stereocenters. The zero-order valence-corrected chi connectivity index (χ0v) is 24.7. The van der Waals surface area contributed by atoms with Crippen LogP contribution in [-0.2, 0) is 4.79 Å². The van der Waals surface area contributed by atoms with Crippen molar-refractivity contribution in [1.82, 2.24) is 4.90 Å². The first-order valence-electron chi connectivity index (χ1n) is 14.2. The molecule has 0 bridgehead atoms. The minimum absolute atomic E-state index is 0.134. The van der Waals surface area contributed by atoms with Crippen LogP contribution in [0.4, 0.5) is 5.69 Å². The molecule has 2 aromatic rings. The number of benzene rings is 2. The lowest BCUT2D eigenvalue weighted by atomic mass is 9.86. The summed E-state index contributed by atoms with van der Waals surface area (Å²) in [6.07, 6.45) is 8.89. The minimum Gasteiger partial charge on any atom is -0.426 e. The molecule has 5 nitrogen and oxygen atoms in total. The Hall–Kier alpha value is -3.15. The summed E-state index contributed by atoms with van der Waals surface area (Å²) < 4.78 is 5.64. The van der Waals surface area contributed by atoms with Crippen molar-refractivity contribution in [2.24, 2.45) is 5.41 Å². The number of likely N-dealkylation sites (N-methyl/N-ethyl adjacent to an activating group) is 1. The Kier molecular flexibility index (Phi) is 11.1. The predicted octanol–water partition coefficient (Wildman–Crippen LogP) is 6.88. The van der Waals surface area contributed by atoms with Gasteiger partial charge in [-0.25, -0.2) is 0 Å². The van der Waals surface area contributed by atoms with Gasteiger partial charge in [0.25, 0.3) is 0 Å². The van der Waals surface area contributed by atoms with E-state index in [2.05, 4.69) is 73.2 Å². The fraction of sp³-hybridized carbons (Fsp3) is 0.441. The number of carbonyl (C=O) groups is 1. The number of rotatable bonds is 10. The molecule has 1 heterocycles. The third-order valence-electron chi connectivity index (χ3n) is 7.07. The Labute approximate surface area is 235 Å². The van der Waals surface area contributed by atoms with Crippen LogP contribution >= 0.6 is 0 Å². The fourth-order valence-corrected chi connectivity index (χ4v) is 4.65. The highest BCUT2D eigenvalue weighted by atomic mass is 16.5. The molecule has 0 atom stereocenters. The second-order valence-electron chi connectivity index (χ2n) is 11.2.